The van der Waals surface area contributed by atoms with Crippen molar-refractivity contribution in [2.24, 2.45) is 17.1 Å². The molecule has 9 heteroatoms. The van der Waals surface area contributed by atoms with Crippen LogP contribution in [-0.4, -0.2) is 47.1 Å². The summed E-state index contributed by atoms with van der Waals surface area (Å²) in [6.07, 6.45) is 3.53. The monoisotopic (exact) mass is 402 g/mol. The van der Waals surface area contributed by atoms with Crippen molar-refractivity contribution in [1.82, 2.24) is 14.2 Å². The molecule has 158 valence electrons. The Morgan fingerprint density at radius 3 is 2.66 bits per heavy atom. The van der Waals surface area contributed by atoms with Crippen molar-refractivity contribution >= 4 is 16.7 Å². The second-order valence-corrected chi connectivity index (χ2v) is 9.12. The molecule has 2 aliphatic rings. The van der Waals surface area contributed by atoms with Crippen molar-refractivity contribution in [3.05, 3.63) is 32.6 Å². The highest BCUT2D eigenvalue weighted by Crippen LogP contribution is 2.41. The van der Waals surface area contributed by atoms with Crippen LogP contribution >= 0.6 is 0 Å². The number of anilines is 1. The zero-order chi connectivity index (χ0) is 21.1. The zero-order valence-corrected chi connectivity index (χ0v) is 17.5. The Morgan fingerprint density at radius 1 is 1.34 bits per heavy atom. The third-order valence-corrected chi connectivity index (χ3v) is 6.50. The summed E-state index contributed by atoms with van der Waals surface area (Å²) < 4.78 is 7.60. The van der Waals surface area contributed by atoms with Gasteiger partial charge >= 0.3 is 11.2 Å². The topological polar surface area (TPSA) is 121 Å². The third kappa shape index (κ3) is 3.12. The molecule has 0 aromatic carbocycles. The minimum atomic E-state index is -0.557. The van der Waals surface area contributed by atoms with Gasteiger partial charge in [-0.25, -0.2) is 9.78 Å². The van der Waals surface area contributed by atoms with Crippen molar-refractivity contribution in [1.29, 1.82) is 0 Å². The third-order valence-electron chi connectivity index (χ3n) is 6.50. The SMILES string of the molecule is COCC(N)C1CN(c2cnc3c(=O)n(N)c(=O)n(C4CC4)c3c2C)CC1(C)C. The van der Waals surface area contributed by atoms with Gasteiger partial charge in [0, 0.05) is 43.8 Å². The fourth-order valence-corrected chi connectivity index (χ4v) is 4.80. The Balaban J connectivity index is 1.83. The Labute approximate surface area is 169 Å². The smallest absolute Gasteiger partial charge is 0.350 e. The Hall–Kier alpha value is -2.39. The van der Waals surface area contributed by atoms with E-state index in [4.69, 9.17) is 16.3 Å². The van der Waals surface area contributed by atoms with E-state index in [9.17, 15) is 9.59 Å². The van der Waals surface area contributed by atoms with Crippen LogP contribution in [0.5, 0.6) is 0 Å². The number of nitrogen functional groups attached to an aromatic ring is 1. The van der Waals surface area contributed by atoms with E-state index in [0.29, 0.717) is 16.8 Å². The van der Waals surface area contributed by atoms with Gasteiger partial charge in [-0.2, -0.15) is 4.68 Å². The van der Waals surface area contributed by atoms with Crippen molar-refractivity contribution in [2.75, 3.05) is 37.5 Å². The number of nitrogens with two attached hydrogens (primary N) is 2. The van der Waals surface area contributed by atoms with Gasteiger partial charge in [0.1, 0.15) is 0 Å². The molecule has 2 aromatic rings. The van der Waals surface area contributed by atoms with Gasteiger partial charge in [-0.15, -0.1) is 0 Å². The van der Waals surface area contributed by atoms with Crippen LogP contribution in [-0.2, 0) is 4.74 Å². The van der Waals surface area contributed by atoms with Gasteiger partial charge < -0.3 is 21.2 Å². The number of aryl methyl sites for hydroxylation is 1. The highest BCUT2D eigenvalue weighted by atomic mass is 16.5. The summed E-state index contributed by atoms with van der Waals surface area (Å²) in [5.41, 5.74) is 8.01. The number of methoxy groups -OCH3 is 1. The predicted molar refractivity (Wildman–Crippen MR) is 113 cm³/mol. The Morgan fingerprint density at radius 2 is 2.03 bits per heavy atom. The molecule has 9 nitrogen and oxygen atoms in total. The summed E-state index contributed by atoms with van der Waals surface area (Å²) in [6, 6.07) is 0.0110. The zero-order valence-electron chi connectivity index (χ0n) is 17.5. The van der Waals surface area contributed by atoms with Gasteiger partial charge in [-0.1, -0.05) is 13.8 Å². The highest BCUT2D eigenvalue weighted by Gasteiger charge is 2.43. The van der Waals surface area contributed by atoms with Crippen LogP contribution in [0, 0.1) is 18.3 Å². The lowest BCUT2D eigenvalue weighted by molar-refractivity contribution is 0.130. The molecule has 1 saturated carbocycles. The standard InChI is InChI=1S/C20H30N6O3/c1-11-15(24-8-13(14(21)9-29-4)20(2,3)10-24)7-23-16-17(11)25(12-5-6-12)19(28)26(22)18(16)27/h7,12-14H,5-6,8-10,21-22H2,1-4H3. The molecule has 0 spiro atoms. The maximum atomic E-state index is 12.7. The van der Waals surface area contributed by atoms with Gasteiger partial charge in [0.25, 0.3) is 0 Å². The van der Waals surface area contributed by atoms with Gasteiger partial charge in [-0.3, -0.25) is 9.36 Å². The summed E-state index contributed by atoms with van der Waals surface area (Å²) in [4.78, 5) is 32.0. The Bertz CT molecular complexity index is 1070. The number of hydrogen-bond donors (Lipinski definition) is 2. The minimum absolute atomic E-state index is 0.00380. The molecule has 1 saturated heterocycles. The molecule has 2 atom stereocenters. The predicted octanol–water partition coefficient (Wildman–Crippen LogP) is 0.351. The number of hydrogen-bond acceptors (Lipinski definition) is 7. The summed E-state index contributed by atoms with van der Waals surface area (Å²) in [5.74, 6) is 5.99. The Kier molecular flexibility index (Phi) is 4.70. The van der Waals surface area contributed by atoms with E-state index in [-0.39, 0.29) is 28.9 Å². The number of rotatable bonds is 5. The number of nitrogens with zero attached hydrogens (tertiary/aromatic N) is 4. The molecule has 1 aliphatic heterocycles. The second kappa shape index (κ2) is 6.84. The maximum absolute atomic E-state index is 12.7. The van der Waals surface area contributed by atoms with Crippen LogP contribution in [0.25, 0.3) is 11.0 Å². The first-order chi connectivity index (χ1) is 13.7. The molecule has 3 heterocycles. The normalized spacial score (nSPS) is 22.4. The van der Waals surface area contributed by atoms with Crippen molar-refractivity contribution in [3.63, 3.8) is 0 Å². The molecular formula is C20H30N6O3. The van der Waals surface area contributed by atoms with E-state index in [1.807, 2.05) is 6.92 Å². The molecule has 4 N–H and O–H groups in total. The van der Waals surface area contributed by atoms with Crippen LogP contribution in [0.4, 0.5) is 5.69 Å². The summed E-state index contributed by atoms with van der Waals surface area (Å²) in [7, 11) is 1.67. The van der Waals surface area contributed by atoms with E-state index in [2.05, 4.69) is 23.7 Å². The van der Waals surface area contributed by atoms with E-state index >= 15 is 0 Å². The number of aromatic nitrogens is 3. The molecule has 1 aliphatic carbocycles. The first kappa shape index (κ1) is 19.9. The summed E-state index contributed by atoms with van der Waals surface area (Å²) in [5, 5.41) is 0. The van der Waals surface area contributed by atoms with Gasteiger partial charge in [0.05, 0.1) is 24.0 Å². The average Bonchev–Trinajstić information content (AvgIpc) is 3.44. The van der Waals surface area contributed by atoms with Gasteiger partial charge in [0.15, 0.2) is 5.52 Å². The fraction of sp³-hybridized carbons (Fsp3) is 0.650. The number of fused-ring (bicyclic) bond motifs is 1. The molecular weight excluding hydrogens is 372 g/mol. The lowest BCUT2D eigenvalue weighted by atomic mass is 9.78. The molecule has 2 aromatic heterocycles. The van der Waals surface area contributed by atoms with E-state index in [1.165, 1.54) is 0 Å². The van der Waals surface area contributed by atoms with Crippen LogP contribution in [0.1, 0.15) is 38.3 Å². The molecule has 29 heavy (non-hydrogen) atoms. The van der Waals surface area contributed by atoms with E-state index < -0.39 is 11.2 Å². The summed E-state index contributed by atoms with van der Waals surface area (Å²) in [6.45, 7) is 8.47. The van der Waals surface area contributed by atoms with Gasteiger partial charge in [-0.05, 0) is 25.2 Å². The van der Waals surface area contributed by atoms with Crippen LogP contribution in [0.3, 0.4) is 0 Å². The molecule has 2 unspecified atom stereocenters. The first-order valence-corrected chi connectivity index (χ1v) is 10.1. The van der Waals surface area contributed by atoms with Crippen LogP contribution in [0.2, 0.25) is 0 Å². The summed E-state index contributed by atoms with van der Waals surface area (Å²) >= 11 is 0. The quantitative estimate of drug-likeness (QED) is 0.692. The van der Waals surface area contributed by atoms with Crippen molar-refractivity contribution in [3.8, 4) is 0 Å². The first-order valence-electron chi connectivity index (χ1n) is 10.1. The number of ether oxygens (including phenoxy) is 1. The second-order valence-electron chi connectivity index (χ2n) is 9.12. The van der Waals surface area contributed by atoms with Crippen LogP contribution < -0.4 is 27.7 Å². The van der Waals surface area contributed by atoms with E-state index in [0.717, 1.165) is 37.2 Å². The number of pyridine rings is 1. The van der Waals surface area contributed by atoms with Crippen molar-refractivity contribution < 1.29 is 4.74 Å². The van der Waals surface area contributed by atoms with E-state index in [1.54, 1.807) is 17.9 Å². The fourth-order valence-electron chi connectivity index (χ4n) is 4.80. The minimum Gasteiger partial charge on any atom is -0.383 e. The van der Waals surface area contributed by atoms with Crippen molar-refractivity contribution in [2.45, 2.75) is 45.7 Å². The highest BCUT2D eigenvalue weighted by molar-refractivity contribution is 5.83. The molecule has 4 rings (SSSR count). The molecule has 0 radical (unpaired) electrons. The molecule has 2 fully saturated rings. The largest absolute Gasteiger partial charge is 0.383 e. The lowest BCUT2D eigenvalue weighted by Gasteiger charge is -2.29. The van der Waals surface area contributed by atoms with Crippen LogP contribution in [0.15, 0.2) is 15.8 Å². The maximum Gasteiger partial charge on any atom is 0.350 e. The van der Waals surface area contributed by atoms with Gasteiger partial charge in [0.2, 0.25) is 0 Å². The molecule has 0 bridgehead atoms. The lowest BCUT2D eigenvalue weighted by Crippen LogP contribution is -2.45. The average molecular weight is 402 g/mol. The molecule has 0 amide bonds.